The summed E-state index contributed by atoms with van der Waals surface area (Å²) in [6.45, 7) is 11.1. The molecule has 0 fully saturated rings. The lowest BCUT2D eigenvalue weighted by Crippen LogP contribution is -2.40. The van der Waals surface area contributed by atoms with E-state index in [9.17, 15) is 4.79 Å². The van der Waals surface area contributed by atoms with Crippen LogP contribution in [-0.2, 0) is 4.79 Å². The highest BCUT2D eigenvalue weighted by atomic mass is 16.2. The first-order valence-electron chi connectivity index (χ1n) is 5.82. The van der Waals surface area contributed by atoms with Gasteiger partial charge in [0.1, 0.15) is 0 Å². The van der Waals surface area contributed by atoms with Crippen LogP contribution in [0, 0.1) is 0 Å². The molecule has 0 rings (SSSR count). The molecule has 0 aliphatic rings. The highest BCUT2D eigenvalue weighted by Crippen LogP contribution is 1.91. The number of rotatable bonds is 8. The van der Waals surface area contributed by atoms with Gasteiger partial charge in [-0.2, -0.15) is 0 Å². The van der Waals surface area contributed by atoms with Crippen LogP contribution in [0.5, 0.6) is 0 Å². The summed E-state index contributed by atoms with van der Waals surface area (Å²) in [4.78, 5) is 15.6. The van der Waals surface area contributed by atoms with Gasteiger partial charge in [-0.25, -0.2) is 0 Å². The van der Waals surface area contributed by atoms with Crippen molar-refractivity contribution >= 4 is 5.91 Å². The third kappa shape index (κ3) is 6.47. The summed E-state index contributed by atoms with van der Waals surface area (Å²) in [7, 11) is 1.98. The molecule has 0 atom stereocenters. The van der Waals surface area contributed by atoms with Gasteiger partial charge < -0.3 is 10.2 Å². The normalized spacial score (nSPS) is 10.7. The monoisotopic (exact) mass is 215 g/mol. The van der Waals surface area contributed by atoms with E-state index in [0.29, 0.717) is 6.54 Å². The van der Waals surface area contributed by atoms with Gasteiger partial charge in [0.15, 0.2) is 0 Å². The molecular formula is C11H25N3O. The van der Waals surface area contributed by atoms with Crippen LogP contribution in [0.3, 0.4) is 0 Å². The molecule has 0 aromatic heterocycles. The van der Waals surface area contributed by atoms with Gasteiger partial charge in [-0.15, -0.1) is 0 Å². The Kier molecular flexibility index (Phi) is 8.33. The van der Waals surface area contributed by atoms with Gasteiger partial charge in [0.05, 0.1) is 6.54 Å². The van der Waals surface area contributed by atoms with Gasteiger partial charge in [0.2, 0.25) is 5.91 Å². The topological polar surface area (TPSA) is 35.6 Å². The Balaban J connectivity index is 3.74. The highest BCUT2D eigenvalue weighted by molar-refractivity contribution is 5.78. The molecule has 0 heterocycles. The van der Waals surface area contributed by atoms with Crippen molar-refractivity contribution in [3.63, 3.8) is 0 Å². The Morgan fingerprint density at radius 2 is 1.80 bits per heavy atom. The van der Waals surface area contributed by atoms with Gasteiger partial charge in [0, 0.05) is 26.2 Å². The fourth-order valence-corrected chi connectivity index (χ4v) is 1.43. The van der Waals surface area contributed by atoms with E-state index in [1.165, 1.54) is 0 Å². The minimum Gasteiger partial charge on any atom is -0.342 e. The first-order valence-corrected chi connectivity index (χ1v) is 5.82. The molecule has 0 aromatic carbocycles. The summed E-state index contributed by atoms with van der Waals surface area (Å²) >= 11 is 0. The second kappa shape index (κ2) is 8.68. The number of amides is 1. The summed E-state index contributed by atoms with van der Waals surface area (Å²) < 4.78 is 0. The lowest BCUT2D eigenvalue weighted by atomic mass is 10.4. The SMILES string of the molecule is CCNCCN(C)CC(=O)N(CC)CC. The summed E-state index contributed by atoms with van der Waals surface area (Å²) in [6.07, 6.45) is 0. The molecule has 0 aromatic rings. The van der Waals surface area contributed by atoms with Crippen LogP contribution in [0.2, 0.25) is 0 Å². The number of carbonyl (C=O) groups is 1. The quantitative estimate of drug-likeness (QED) is 0.595. The van der Waals surface area contributed by atoms with E-state index < -0.39 is 0 Å². The predicted molar refractivity (Wildman–Crippen MR) is 64.0 cm³/mol. The smallest absolute Gasteiger partial charge is 0.236 e. The molecule has 0 aliphatic carbocycles. The van der Waals surface area contributed by atoms with Crippen molar-refractivity contribution in [1.29, 1.82) is 0 Å². The summed E-state index contributed by atoms with van der Waals surface area (Å²) in [5.74, 6) is 0.221. The predicted octanol–water partition coefficient (Wildman–Crippen LogP) is 0.396. The van der Waals surface area contributed by atoms with Crippen LogP contribution in [0.25, 0.3) is 0 Å². The molecule has 15 heavy (non-hydrogen) atoms. The standard InChI is InChI=1S/C11H25N3O/c1-5-12-8-9-13(4)10-11(15)14(6-2)7-3/h12H,5-10H2,1-4H3. The molecule has 0 bridgehead atoms. The molecule has 0 spiro atoms. The molecule has 0 aliphatic heterocycles. The second-order valence-corrected chi connectivity index (χ2v) is 3.66. The first-order chi connectivity index (χ1) is 7.15. The van der Waals surface area contributed by atoms with Gasteiger partial charge >= 0.3 is 0 Å². The minimum absolute atomic E-state index is 0.221. The molecule has 1 N–H and O–H groups in total. The van der Waals surface area contributed by atoms with Crippen molar-refractivity contribution in [2.75, 3.05) is 46.3 Å². The average Bonchev–Trinajstić information content (AvgIpc) is 2.20. The number of nitrogens with one attached hydrogen (secondary N) is 1. The fraction of sp³-hybridized carbons (Fsp3) is 0.909. The van der Waals surface area contributed by atoms with Crippen molar-refractivity contribution in [2.45, 2.75) is 20.8 Å². The minimum atomic E-state index is 0.221. The average molecular weight is 215 g/mol. The Labute approximate surface area is 93.6 Å². The molecule has 0 saturated heterocycles. The van der Waals surface area contributed by atoms with Crippen molar-refractivity contribution in [3.8, 4) is 0 Å². The molecule has 90 valence electrons. The van der Waals surface area contributed by atoms with E-state index in [0.717, 1.165) is 32.7 Å². The zero-order valence-corrected chi connectivity index (χ0v) is 10.5. The molecule has 1 amide bonds. The molecule has 0 radical (unpaired) electrons. The number of nitrogens with zero attached hydrogens (tertiary/aromatic N) is 2. The Morgan fingerprint density at radius 3 is 2.27 bits per heavy atom. The maximum Gasteiger partial charge on any atom is 0.236 e. The largest absolute Gasteiger partial charge is 0.342 e. The van der Waals surface area contributed by atoms with Gasteiger partial charge in [0.25, 0.3) is 0 Å². The molecule has 0 unspecified atom stereocenters. The maximum atomic E-state index is 11.7. The summed E-state index contributed by atoms with van der Waals surface area (Å²) in [6, 6.07) is 0. The van der Waals surface area contributed by atoms with E-state index in [2.05, 4.69) is 17.1 Å². The van der Waals surface area contributed by atoms with E-state index >= 15 is 0 Å². The van der Waals surface area contributed by atoms with Crippen LogP contribution in [0.15, 0.2) is 0 Å². The van der Waals surface area contributed by atoms with E-state index in [1.54, 1.807) is 0 Å². The van der Waals surface area contributed by atoms with Crippen molar-refractivity contribution < 1.29 is 4.79 Å². The zero-order valence-electron chi connectivity index (χ0n) is 10.5. The highest BCUT2D eigenvalue weighted by Gasteiger charge is 2.11. The Hall–Kier alpha value is -0.610. The van der Waals surface area contributed by atoms with E-state index in [-0.39, 0.29) is 5.91 Å². The summed E-state index contributed by atoms with van der Waals surface area (Å²) in [5.41, 5.74) is 0. The first kappa shape index (κ1) is 14.4. The van der Waals surface area contributed by atoms with Crippen molar-refractivity contribution in [3.05, 3.63) is 0 Å². The Bertz CT molecular complexity index is 169. The number of hydrogen-bond donors (Lipinski definition) is 1. The van der Waals surface area contributed by atoms with Crippen molar-refractivity contribution in [2.24, 2.45) is 0 Å². The summed E-state index contributed by atoms with van der Waals surface area (Å²) in [5, 5.41) is 3.24. The number of likely N-dealkylation sites (N-methyl/N-ethyl adjacent to an activating group) is 3. The molecular weight excluding hydrogens is 190 g/mol. The fourth-order valence-electron chi connectivity index (χ4n) is 1.43. The van der Waals surface area contributed by atoms with Crippen LogP contribution in [-0.4, -0.2) is 62.0 Å². The third-order valence-corrected chi connectivity index (χ3v) is 2.44. The van der Waals surface area contributed by atoms with Gasteiger partial charge in [-0.05, 0) is 27.4 Å². The number of carbonyl (C=O) groups excluding carboxylic acids is 1. The Morgan fingerprint density at radius 1 is 1.20 bits per heavy atom. The lowest BCUT2D eigenvalue weighted by molar-refractivity contribution is -0.131. The van der Waals surface area contributed by atoms with Gasteiger partial charge in [-0.3, -0.25) is 9.69 Å². The molecule has 4 heteroatoms. The van der Waals surface area contributed by atoms with Crippen LogP contribution >= 0.6 is 0 Å². The molecule has 0 saturated carbocycles. The van der Waals surface area contributed by atoms with E-state index in [1.807, 2.05) is 25.8 Å². The second-order valence-electron chi connectivity index (χ2n) is 3.66. The van der Waals surface area contributed by atoms with Crippen LogP contribution in [0.1, 0.15) is 20.8 Å². The maximum absolute atomic E-state index is 11.7. The van der Waals surface area contributed by atoms with E-state index in [4.69, 9.17) is 0 Å². The van der Waals surface area contributed by atoms with Gasteiger partial charge in [-0.1, -0.05) is 6.92 Å². The zero-order chi connectivity index (χ0) is 11.7. The third-order valence-electron chi connectivity index (χ3n) is 2.44. The molecule has 4 nitrogen and oxygen atoms in total. The number of hydrogen-bond acceptors (Lipinski definition) is 3. The van der Waals surface area contributed by atoms with Crippen LogP contribution in [0.4, 0.5) is 0 Å². The lowest BCUT2D eigenvalue weighted by Gasteiger charge is -2.23. The van der Waals surface area contributed by atoms with Crippen LogP contribution < -0.4 is 5.32 Å². The van der Waals surface area contributed by atoms with Crippen molar-refractivity contribution in [1.82, 2.24) is 15.1 Å².